The van der Waals surface area contributed by atoms with Crippen molar-refractivity contribution < 1.29 is 14.3 Å². The average Bonchev–Trinajstić information content (AvgIpc) is 2.92. The van der Waals surface area contributed by atoms with Crippen molar-refractivity contribution in [2.24, 2.45) is 0 Å². The largest absolute Gasteiger partial charge is 0.462 e. The number of esters is 1. The summed E-state index contributed by atoms with van der Waals surface area (Å²) < 4.78 is 5.21. The maximum absolute atomic E-state index is 12.5. The number of hydrogen-bond donors (Lipinski definition) is 1. The summed E-state index contributed by atoms with van der Waals surface area (Å²) in [6.45, 7) is 3.78. The van der Waals surface area contributed by atoms with Crippen LogP contribution in [0.3, 0.4) is 0 Å². The first kappa shape index (κ1) is 19.4. The molecule has 7 heteroatoms. The van der Waals surface area contributed by atoms with Crippen LogP contribution in [-0.4, -0.2) is 37.0 Å². The van der Waals surface area contributed by atoms with Crippen LogP contribution in [0.25, 0.3) is 0 Å². The number of fused-ring (bicyclic) bond motifs is 1. The van der Waals surface area contributed by atoms with Crippen molar-refractivity contribution in [2.75, 3.05) is 25.5 Å². The Labute approximate surface area is 157 Å². The number of likely N-dealkylation sites (N-methyl/N-ethyl adjacent to an activating group) is 1. The van der Waals surface area contributed by atoms with Gasteiger partial charge in [-0.25, -0.2) is 4.79 Å². The maximum atomic E-state index is 12.5. The van der Waals surface area contributed by atoms with Crippen molar-refractivity contribution in [3.63, 3.8) is 0 Å². The Morgan fingerprint density at radius 1 is 1.28 bits per heavy atom. The molecule has 25 heavy (non-hydrogen) atoms. The van der Waals surface area contributed by atoms with Crippen LogP contribution in [0.4, 0.5) is 5.00 Å². The van der Waals surface area contributed by atoms with Crippen molar-refractivity contribution in [3.05, 3.63) is 51.9 Å². The highest BCUT2D eigenvalue weighted by atomic mass is 35.5. The fourth-order valence-corrected chi connectivity index (χ4v) is 4.11. The maximum Gasteiger partial charge on any atom is 0.341 e. The summed E-state index contributed by atoms with van der Waals surface area (Å²) in [5.74, 6) is -0.573. The summed E-state index contributed by atoms with van der Waals surface area (Å²) in [4.78, 5) is 28.2. The van der Waals surface area contributed by atoms with Gasteiger partial charge in [-0.2, -0.15) is 0 Å². The molecule has 2 heterocycles. The smallest absolute Gasteiger partial charge is 0.341 e. The van der Waals surface area contributed by atoms with Crippen molar-refractivity contribution >= 4 is 40.6 Å². The number of carbonyl (C=O) groups excluding carboxylic acids is 2. The molecule has 0 bridgehead atoms. The Bertz CT molecular complexity index is 761. The molecule has 1 aromatic heterocycles. The summed E-state index contributed by atoms with van der Waals surface area (Å²) in [5, 5.41) is 3.48. The predicted molar refractivity (Wildman–Crippen MR) is 102 cm³/mol. The van der Waals surface area contributed by atoms with E-state index in [1.165, 1.54) is 11.3 Å². The molecule has 1 aliphatic heterocycles. The topological polar surface area (TPSA) is 58.6 Å². The SMILES string of the molecule is CCOC(=O)c1c(NC(=O)c2ccccc2)sc2c1CCN(C)C2.Cl. The van der Waals surface area contributed by atoms with Crippen LogP contribution in [0.15, 0.2) is 30.3 Å². The van der Waals surface area contributed by atoms with Crippen molar-refractivity contribution in [3.8, 4) is 0 Å². The third kappa shape index (κ3) is 4.21. The van der Waals surface area contributed by atoms with Crippen LogP contribution in [0.5, 0.6) is 0 Å². The van der Waals surface area contributed by atoms with E-state index in [9.17, 15) is 9.59 Å². The summed E-state index contributed by atoms with van der Waals surface area (Å²) in [6, 6.07) is 8.99. The van der Waals surface area contributed by atoms with E-state index in [4.69, 9.17) is 4.74 Å². The number of rotatable bonds is 4. The van der Waals surface area contributed by atoms with Gasteiger partial charge >= 0.3 is 5.97 Å². The zero-order valence-electron chi connectivity index (χ0n) is 14.2. The number of hydrogen-bond acceptors (Lipinski definition) is 5. The van der Waals surface area contributed by atoms with Gasteiger partial charge in [0.1, 0.15) is 5.00 Å². The fourth-order valence-electron chi connectivity index (χ4n) is 2.80. The molecule has 0 radical (unpaired) electrons. The lowest BCUT2D eigenvalue weighted by Gasteiger charge is -2.22. The van der Waals surface area contributed by atoms with Gasteiger partial charge in [0.15, 0.2) is 0 Å². The van der Waals surface area contributed by atoms with E-state index in [0.717, 1.165) is 30.0 Å². The minimum absolute atomic E-state index is 0. The van der Waals surface area contributed by atoms with E-state index in [1.807, 2.05) is 18.2 Å². The minimum Gasteiger partial charge on any atom is -0.462 e. The summed E-state index contributed by atoms with van der Waals surface area (Å²) >= 11 is 1.47. The molecule has 1 aliphatic rings. The molecular weight excluding hydrogens is 360 g/mol. The standard InChI is InChI=1S/C18H20N2O3S.ClH/c1-3-23-18(22)15-13-9-10-20(2)11-14(13)24-17(15)19-16(21)12-7-5-4-6-8-12;/h4-8H,3,9-11H2,1-2H3,(H,19,21);1H. The van der Waals surface area contributed by atoms with E-state index < -0.39 is 0 Å². The van der Waals surface area contributed by atoms with Crippen LogP contribution in [-0.2, 0) is 17.7 Å². The molecule has 0 saturated heterocycles. The molecule has 0 unspecified atom stereocenters. The Kier molecular flexibility index (Phi) is 6.58. The van der Waals surface area contributed by atoms with Gasteiger partial charge in [0.05, 0.1) is 12.2 Å². The molecule has 0 atom stereocenters. The highest BCUT2D eigenvalue weighted by Gasteiger charge is 2.28. The number of thiophene rings is 1. The molecule has 2 aromatic rings. The molecule has 5 nitrogen and oxygen atoms in total. The first-order valence-corrected chi connectivity index (χ1v) is 8.78. The number of nitrogens with zero attached hydrogens (tertiary/aromatic N) is 1. The Hall–Kier alpha value is -1.89. The van der Waals surface area contributed by atoms with Gasteiger partial charge in [0.2, 0.25) is 0 Å². The van der Waals surface area contributed by atoms with Gasteiger partial charge in [0.25, 0.3) is 5.91 Å². The van der Waals surface area contributed by atoms with Gasteiger partial charge in [-0.1, -0.05) is 18.2 Å². The molecule has 1 amide bonds. The first-order valence-electron chi connectivity index (χ1n) is 7.96. The average molecular weight is 381 g/mol. The highest BCUT2D eigenvalue weighted by molar-refractivity contribution is 7.17. The lowest BCUT2D eigenvalue weighted by molar-refractivity contribution is 0.0526. The van der Waals surface area contributed by atoms with Crippen LogP contribution in [0, 0.1) is 0 Å². The number of amides is 1. The Morgan fingerprint density at radius 2 is 2.00 bits per heavy atom. The number of halogens is 1. The third-order valence-corrected chi connectivity index (χ3v) is 5.12. The van der Waals surface area contributed by atoms with Gasteiger partial charge in [0, 0.05) is 23.5 Å². The lowest BCUT2D eigenvalue weighted by Crippen LogP contribution is -2.26. The second-order valence-electron chi connectivity index (χ2n) is 5.74. The number of benzene rings is 1. The number of anilines is 1. The van der Waals surface area contributed by atoms with E-state index in [1.54, 1.807) is 19.1 Å². The molecule has 0 fully saturated rings. The Balaban J connectivity index is 0.00000225. The van der Waals surface area contributed by atoms with Crippen molar-refractivity contribution in [1.29, 1.82) is 0 Å². The molecule has 134 valence electrons. The normalized spacial score (nSPS) is 13.5. The summed E-state index contributed by atoms with van der Waals surface area (Å²) in [6.07, 6.45) is 0.789. The van der Waals surface area contributed by atoms with Crippen LogP contribution in [0.2, 0.25) is 0 Å². The van der Waals surface area contributed by atoms with E-state index in [0.29, 0.717) is 22.7 Å². The van der Waals surface area contributed by atoms with Crippen LogP contribution in [0.1, 0.15) is 38.1 Å². The highest BCUT2D eigenvalue weighted by Crippen LogP contribution is 2.37. The second kappa shape index (κ2) is 8.47. The molecule has 3 rings (SSSR count). The summed E-state index contributed by atoms with van der Waals surface area (Å²) in [7, 11) is 2.05. The first-order chi connectivity index (χ1) is 11.6. The molecule has 0 aliphatic carbocycles. The molecular formula is C18H21ClN2O3S. The monoisotopic (exact) mass is 380 g/mol. The van der Waals surface area contributed by atoms with Crippen LogP contribution >= 0.6 is 23.7 Å². The summed E-state index contributed by atoms with van der Waals surface area (Å²) in [5.41, 5.74) is 2.10. The predicted octanol–water partition coefficient (Wildman–Crippen LogP) is 3.59. The van der Waals surface area contributed by atoms with E-state index in [2.05, 4.69) is 17.3 Å². The molecule has 0 saturated carbocycles. The second-order valence-corrected chi connectivity index (χ2v) is 6.84. The molecule has 1 aromatic carbocycles. The molecule has 1 N–H and O–H groups in total. The van der Waals surface area contributed by atoms with Gasteiger partial charge in [-0.05, 0) is 38.1 Å². The molecule has 0 spiro atoms. The van der Waals surface area contributed by atoms with E-state index in [-0.39, 0.29) is 24.3 Å². The lowest BCUT2D eigenvalue weighted by atomic mass is 10.0. The van der Waals surface area contributed by atoms with Gasteiger partial charge < -0.3 is 15.0 Å². The van der Waals surface area contributed by atoms with E-state index >= 15 is 0 Å². The third-order valence-electron chi connectivity index (χ3n) is 3.99. The quantitative estimate of drug-likeness (QED) is 0.823. The van der Waals surface area contributed by atoms with Gasteiger partial charge in [-0.15, -0.1) is 23.7 Å². The Morgan fingerprint density at radius 3 is 2.68 bits per heavy atom. The van der Waals surface area contributed by atoms with Crippen molar-refractivity contribution in [2.45, 2.75) is 19.9 Å². The number of carbonyl (C=O) groups is 2. The zero-order valence-corrected chi connectivity index (χ0v) is 15.8. The number of ether oxygens (including phenoxy) is 1. The minimum atomic E-state index is -0.358. The van der Waals surface area contributed by atoms with Crippen molar-refractivity contribution in [1.82, 2.24) is 4.90 Å². The number of nitrogens with one attached hydrogen (secondary N) is 1. The fraction of sp³-hybridized carbons (Fsp3) is 0.333. The van der Waals surface area contributed by atoms with Crippen LogP contribution < -0.4 is 5.32 Å². The zero-order chi connectivity index (χ0) is 17.1. The van der Waals surface area contributed by atoms with Gasteiger partial charge in [-0.3, -0.25) is 4.79 Å².